The molecule has 0 saturated heterocycles. The highest BCUT2D eigenvalue weighted by Crippen LogP contribution is 2.21. The first-order valence-electron chi connectivity index (χ1n) is 7.98. The van der Waals surface area contributed by atoms with E-state index < -0.39 is 0 Å². The molecule has 0 unspecified atom stereocenters. The summed E-state index contributed by atoms with van der Waals surface area (Å²) in [7, 11) is 0. The van der Waals surface area contributed by atoms with Crippen LogP contribution in [-0.4, -0.2) is 24.0 Å². The molecule has 0 bridgehead atoms. The quantitative estimate of drug-likeness (QED) is 0.755. The number of hydrogen-bond donors (Lipinski definition) is 3. The Labute approximate surface area is 131 Å². The number of aryl methyl sites for hydroxylation is 1. The number of rotatable bonds is 6. The van der Waals surface area contributed by atoms with Gasteiger partial charge in [0.15, 0.2) is 0 Å². The Morgan fingerprint density at radius 1 is 1.32 bits per heavy atom. The van der Waals surface area contributed by atoms with E-state index in [2.05, 4.69) is 22.9 Å². The lowest BCUT2D eigenvalue weighted by Gasteiger charge is -2.15. The minimum atomic E-state index is -0.233. The summed E-state index contributed by atoms with van der Waals surface area (Å²) in [6.45, 7) is 5.98. The van der Waals surface area contributed by atoms with Crippen LogP contribution in [0.3, 0.4) is 0 Å². The highest BCUT2D eigenvalue weighted by atomic mass is 16.2. The van der Waals surface area contributed by atoms with Crippen molar-refractivity contribution >= 4 is 17.6 Å². The van der Waals surface area contributed by atoms with Gasteiger partial charge in [-0.2, -0.15) is 0 Å². The lowest BCUT2D eigenvalue weighted by molar-refractivity contribution is 0.0951. The maximum atomic E-state index is 12.1. The second-order valence-electron chi connectivity index (χ2n) is 6.07. The number of amides is 3. The van der Waals surface area contributed by atoms with Crippen LogP contribution in [0.25, 0.3) is 0 Å². The predicted octanol–water partition coefficient (Wildman–Crippen LogP) is 3.20. The van der Waals surface area contributed by atoms with Crippen LogP contribution in [0.15, 0.2) is 18.2 Å². The number of hydrogen-bond acceptors (Lipinski definition) is 2. The molecule has 22 heavy (non-hydrogen) atoms. The third kappa shape index (κ3) is 4.76. The summed E-state index contributed by atoms with van der Waals surface area (Å²) in [4.78, 5) is 24.1. The summed E-state index contributed by atoms with van der Waals surface area (Å²) < 4.78 is 0. The fourth-order valence-electron chi connectivity index (χ4n) is 2.28. The molecule has 1 aliphatic carbocycles. The maximum Gasteiger partial charge on any atom is 0.319 e. The highest BCUT2D eigenvalue weighted by Gasteiger charge is 2.24. The Kier molecular flexibility index (Phi) is 5.41. The molecule has 0 spiro atoms. The summed E-state index contributed by atoms with van der Waals surface area (Å²) in [5.41, 5.74) is 2.18. The summed E-state index contributed by atoms with van der Waals surface area (Å²) >= 11 is 0. The molecule has 2 rings (SSSR count). The number of carbonyl (C=O) groups excluding carboxylic acids is 2. The molecular formula is C17H25N3O2. The number of anilines is 1. The second kappa shape index (κ2) is 7.29. The Bertz CT molecular complexity index is 553. The highest BCUT2D eigenvalue weighted by molar-refractivity contribution is 5.97. The molecule has 1 aromatic rings. The Morgan fingerprint density at radius 2 is 2.05 bits per heavy atom. The zero-order valence-corrected chi connectivity index (χ0v) is 13.5. The minimum absolute atomic E-state index is 0.0784. The smallest absolute Gasteiger partial charge is 0.319 e. The van der Waals surface area contributed by atoms with Gasteiger partial charge in [-0.1, -0.05) is 19.4 Å². The second-order valence-corrected chi connectivity index (χ2v) is 6.07. The van der Waals surface area contributed by atoms with Gasteiger partial charge in [0.05, 0.1) is 0 Å². The average Bonchev–Trinajstić information content (AvgIpc) is 3.25. The number of nitrogens with one attached hydrogen (secondary N) is 3. The zero-order chi connectivity index (χ0) is 16.1. The molecule has 1 fully saturated rings. The topological polar surface area (TPSA) is 70.2 Å². The standard InChI is InChI=1S/C17H25N3O2/c1-4-5-12(3)18-17(22)20-15-10-13(7-6-11(15)2)16(21)19-14-8-9-14/h6-7,10,12,14H,4-5,8-9H2,1-3H3,(H,19,21)(H2,18,20,22)/t12-/m0/s1. The lowest BCUT2D eigenvalue weighted by atomic mass is 10.1. The van der Waals surface area contributed by atoms with Gasteiger partial charge in [0, 0.05) is 23.3 Å². The Balaban J connectivity index is 1.99. The van der Waals surface area contributed by atoms with E-state index >= 15 is 0 Å². The molecular weight excluding hydrogens is 278 g/mol. The number of carbonyl (C=O) groups is 2. The molecule has 5 nitrogen and oxygen atoms in total. The van der Waals surface area contributed by atoms with E-state index in [0.29, 0.717) is 17.3 Å². The van der Waals surface area contributed by atoms with Gasteiger partial charge in [0.2, 0.25) is 0 Å². The fraction of sp³-hybridized carbons (Fsp3) is 0.529. The van der Waals surface area contributed by atoms with Gasteiger partial charge in [0.1, 0.15) is 0 Å². The maximum absolute atomic E-state index is 12.1. The number of urea groups is 1. The molecule has 0 heterocycles. The largest absolute Gasteiger partial charge is 0.349 e. The van der Waals surface area contributed by atoms with Gasteiger partial charge in [-0.05, 0) is 50.8 Å². The molecule has 1 aromatic carbocycles. The van der Waals surface area contributed by atoms with Crippen molar-refractivity contribution in [3.63, 3.8) is 0 Å². The molecule has 0 aliphatic heterocycles. The molecule has 0 aromatic heterocycles. The Morgan fingerprint density at radius 3 is 2.68 bits per heavy atom. The third-order valence-electron chi connectivity index (χ3n) is 3.76. The van der Waals surface area contributed by atoms with E-state index in [1.54, 1.807) is 12.1 Å². The minimum Gasteiger partial charge on any atom is -0.349 e. The van der Waals surface area contributed by atoms with Crippen LogP contribution in [0.4, 0.5) is 10.5 Å². The molecule has 1 aliphatic rings. The SMILES string of the molecule is CCC[C@H](C)NC(=O)Nc1cc(C(=O)NC2CC2)ccc1C. The van der Waals surface area contributed by atoms with Gasteiger partial charge in [-0.25, -0.2) is 4.79 Å². The molecule has 1 saturated carbocycles. The van der Waals surface area contributed by atoms with E-state index in [0.717, 1.165) is 31.2 Å². The van der Waals surface area contributed by atoms with E-state index in [-0.39, 0.29) is 18.0 Å². The molecule has 3 amide bonds. The zero-order valence-electron chi connectivity index (χ0n) is 13.5. The normalized spacial score (nSPS) is 15.0. The van der Waals surface area contributed by atoms with E-state index in [9.17, 15) is 9.59 Å². The average molecular weight is 303 g/mol. The predicted molar refractivity (Wildman–Crippen MR) is 88.2 cm³/mol. The van der Waals surface area contributed by atoms with Crippen molar-refractivity contribution in [3.05, 3.63) is 29.3 Å². The molecule has 5 heteroatoms. The first-order valence-corrected chi connectivity index (χ1v) is 7.98. The van der Waals surface area contributed by atoms with Crippen LogP contribution in [-0.2, 0) is 0 Å². The Hall–Kier alpha value is -2.04. The fourth-order valence-corrected chi connectivity index (χ4v) is 2.28. The summed E-state index contributed by atoms with van der Waals surface area (Å²) in [6.07, 6.45) is 4.08. The number of benzene rings is 1. The van der Waals surface area contributed by atoms with Crippen molar-refractivity contribution in [3.8, 4) is 0 Å². The van der Waals surface area contributed by atoms with Crippen molar-refractivity contribution in [1.29, 1.82) is 0 Å². The van der Waals surface area contributed by atoms with E-state index in [1.807, 2.05) is 19.9 Å². The molecule has 0 radical (unpaired) electrons. The van der Waals surface area contributed by atoms with Gasteiger partial charge < -0.3 is 16.0 Å². The third-order valence-corrected chi connectivity index (χ3v) is 3.76. The van der Waals surface area contributed by atoms with Crippen molar-refractivity contribution in [2.24, 2.45) is 0 Å². The first kappa shape index (κ1) is 16.3. The van der Waals surface area contributed by atoms with Crippen LogP contribution < -0.4 is 16.0 Å². The monoisotopic (exact) mass is 303 g/mol. The van der Waals surface area contributed by atoms with Crippen LogP contribution in [0, 0.1) is 6.92 Å². The molecule has 120 valence electrons. The van der Waals surface area contributed by atoms with Crippen LogP contribution >= 0.6 is 0 Å². The van der Waals surface area contributed by atoms with Crippen molar-refractivity contribution in [2.75, 3.05) is 5.32 Å². The van der Waals surface area contributed by atoms with E-state index in [4.69, 9.17) is 0 Å². The molecule has 3 N–H and O–H groups in total. The van der Waals surface area contributed by atoms with Crippen molar-refractivity contribution in [1.82, 2.24) is 10.6 Å². The van der Waals surface area contributed by atoms with Gasteiger partial charge in [-0.15, -0.1) is 0 Å². The summed E-state index contributed by atoms with van der Waals surface area (Å²) in [6, 6.07) is 5.60. The first-order chi connectivity index (χ1) is 10.5. The molecule has 1 atom stereocenters. The van der Waals surface area contributed by atoms with Crippen molar-refractivity contribution < 1.29 is 9.59 Å². The van der Waals surface area contributed by atoms with Crippen LogP contribution in [0.1, 0.15) is 55.5 Å². The van der Waals surface area contributed by atoms with Crippen LogP contribution in [0.5, 0.6) is 0 Å². The summed E-state index contributed by atoms with van der Waals surface area (Å²) in [5.74, 6) is -0.0784. The lowest BCUT2D eigenvalue weighted by Crippen LogP contribution is -2.36. The van der Waals surface area contributed by atoms with Crippen molar-refractivity contribution in [2.45, 2.75) is 58.5 Å². The van der Waals surface area contributed by atoms with E-state index in [1.165, 1.54) is 0 Å². The van der Waals surface area contributed by atoms with Gasteiger partial charge in [-0.3, -0.25) is 4.79 Å². The van der Waals surface area contributed by atoms with Gasteiger partial charge in [0.25, 0.3) is 5.91 Å². The van der Waals surface area contributed by atoms with Crippen LogP contribution in [0.2, 0.25) is 0 Å². The summed E-state index contributed by atoms with van der Waals surface area (Å²) in [5, 5.41) is 8.68. The van der Waals surface area contributed by atoms with Gasteiger partial charge >= 0.3 is 6.03 Å².